The number of ether oxygens (including phenoxy) is 1. The zero-order valence-electron chi connectivity index (χ0n) is 25.8. The molecule has 2 aliphatic heterocycles. The number of nitrogens with one attached hydrogen (secondary N) is 1. The molecular formula is C32H30ClF6N7O3. The molecule has 49 heavy (non-hydrogen) atoms. The number of nitrogens with zero attached hydrogens (tertiary/aromatic N) is 5. The van der Waals surface area contributed by atoms with Crippen molar-refractivity contribution in [2.24, 2.45) is 5.41 Å². The van der Waals surface area contributed by atoms with E-state index in [2.05, 4.69) is 20.4 Å². The van der Waals surface area contributed by atoms with E-state index in [1.54, 1.807) is 13.0 Å². The molecule has 2 aromatic carbocycles. The molecular weight excluding hydrogens is 680 g/mol. The van der Waals surface area contributed by atoms with E-state index in [1.165, 1.54) is 35.1 Å². The van der Waals surface area contributed by atoms with E-state index in [1.807, 2.05) is 4.90 Å². The summed E-state index contributed by atoms with van der Waals surface area (Å²) in [5, 5.41) is 16.2. The molecule has 2 saturated heterocycles. The molecule has 2 atom stereocenters. The number of piperidine rings is 1. The van der Waals surface area contributed by atoms with Gasteiger partial charge in [0, 0.05) is 37.5 Å². The smallest absolute Gasteiger partial charge is 0.429 e. The highest BCUT2D eigenvalue weighted by atomic mass is 35.5. The average Bonchev–Trinajstić information content (AvgIpc) is 3.65. The fraction of sp³-hybridized carbons (Fsp3) is 0.375. The average molecular weight is 710 g/mol. The molecule has 0 aliphatic carbocycles. The highest BCUT2D eigenvalue weighted by Gasteiger charge is 2.46. The van der Waals surface area contributed by atoms with Crippen LogP contribution in [-0.4, -0.2) is 62.7 Å². The van der Waals surface area contributed by atoms with Gasteiger partial charge in [-0.15, -0.1) is 0 Å². The van der Waals surface area contributed by atoms with Gasteiger partial charge < -0.3 is 25.8 Å². The van der Waals surface area contributed by atoms with Crippen LogP contribution in [0.5, 0.6) is 5.88 Å². The number of halogens is 7. The Morgan fingerprint density at radius 1 is 1.06 bits per heavy atom. The molecule has 260 valence electrons. The number of carboxylic acids is 1. The molecule has 4 aromatic rings. The third-order valence-electron chi connectivity index (χ3n) is 8.94. The van der Waals surface area contributed by atoms with Gasteiger partial charge in [0.1, 0.15) is 11.9 Å². The first-order valence-electron chi connectivity index (χ1n) is 15.1. The lowest BCUT2D eigenvalue weighted by Gasteiger charge is -2.39. The molecule has 2 aromatic heterocycles. The lowest BCUT2D eigenvalue weighted by Crippen LogP contribution is -2.41. The molecule has 0 bridgehead atoms. The first kappa shape index (κ1) is 34.3. The monoisotopic (exact) mass is 709 g/mol. The number of carbonyl (C=O) groups is 1. The van der Waals surface area contributed by atoms with Crippen molar-refractivity contribution in [1.82, 2.24) is 25.1 Å². The summed E-state index contributed by atoms with van der Waals surface area (Å²) in [7, 11) is 0. The summed E-state index contributed by atoms with van der Waals surface area (Å²) < 4.78 is 92.0. The quantitative estimate of drug-likeness (QED) is 0.182. The fourth-order valence-electron chi connectivity index (χ4n) is 6.38. The van der Waals surface area contributed by atoms with Gasteiger partial charge in [-0.25, -0.2) is 4.68 Å². The Balaban J connectivity index is 1.33. The number of anilines is 2. The van der Waals surface area contributed by atoms with Gasteiger partial charge in [-0.1, -0.05) is 29.8 Å². The fourth-order valence-corrected chi connectivity index (χ4v) is 6.60. The lowest BCUT2D eigenvalue weighted by atomic mass is 9.76. The molecule has 17 heteroatoms. The van der Waals surface area contributed by atoms with Crippen molar-refractivity contribution in [3.05, 3.63) is 76.6 Å². The second-order valence-corrected chi connectivity index (χ2v) is 12.7. The second-order valence-electron chi connectivity index (χ2n) is 12.3. The second kappa shape index (κ2) is 12.7. The number of benzene rings is 2. The Morgan fingerprint density at radius 3 is 2.37 bits per heavy atom. The van der Waals surface area contributed by atoms with Crippen LogP contribution in [0.15, 0.2) is 54.7 Å². The molecule has 2 fully saturated rings. The maximum atomic E-state index is 14.8. The van der Waals surface area contributed by atoms with Crippen molar-refractivity contribution < 1.29 is 41.0 Å². The summed E-state index contributed by atoms with van der Waals surface area (Å²) in [6.07, 6.45) is -9.18. The Kier molecular flexibility index (Phi) is 8.90. The number of nitrogen functional groups attached to an aromatic ring is 1. The van der Waals surface area contributed by atoms with Crippen molar-refractivity contribution in [1.29, 1.82) is 0 Å². The van der Waals surface area contributed by atoms with Gasteiger partial charge in [0.05, 0.1) is 22.0 Å². The van der Waals surface area contributed by atoms with Crippen molar-refractivity contribution in [3.8, 4) is 22.7 Å². The van der Waals surface area contributed by atoms with Crippen LogP contribution in [0.25, 0.3) is 16.8 Å². The topological polar surface area (TPSA) is 131 Å². The third kappa shape index (κ3) is 7.25. The summed E-state index contributed by atoms with van der Waals surface area (Å²) in [6, 6.07) is 9.11. The summed E-state index contributed by atoms with van der Waals surface area (Å²) in [6.45, 7) is 3.09. The van der Waals surface area contributed by atoms with Crippen LogP contribution < -0.4 is 20.7 Å². The Labute approximate surface area is 280 Å². The van der Waals surface area contributed by atoms with Gasteiger partial charge in [0.25, 0.3) is 0 Å². The van der Waals surface area contributed by atoms with Crippen LogP contribution >= 0.6 is 11.6 Å². The van der Waals surface area contributed by atoms with Gasteiger partial charge in [-0.2, -0.15) is 41.4 Å². The Morgan fingerprint density at radius 2 is 1.76 bits per heavy atom. The van der Waals surface area contributed by atoms with E-state index in [-0.39, 0.29) is 39.6 Å². The van der Waals surface area contributed by atoms with E-state index in [4.69, 9.17) is 22.1 Å². The molecule has 10 nitrogen and oxygen atoms in total. The van der Waals surface area contributed by atoms with Crippen LogP contribution in [0.2, 0.25) is 5.02 Å². The molecule has 0 unspecified atom stereocenters. The maximum absolute atomic E-state index is 14.8. The lowest BCUT2D eigenvalue weighted by molar-refractivity contribution is -0.198. The molecule has 4 heterocycles. The van der Waals surface area contributed by atoms with Crippen LogP contribution in [-0.2, 0) is 11.0 Å². The minimum Gasteiger partial charge on any atom is -0.480 e. The van der Waals surface area contributed by atoms with E-state index in [0.29, 0.717) is 44.6 Å². The normalized spacial score (nSPS) is 18.5. The molecule has 1 spiro atoms. The zero-order chi connectivity index (χ0) is 35.3. The Hall–Kier alpha value is -4.57. The van der Waals surface area contributed by atoms with Crippen molar-refractivity contribution in [2.75, 3.05) is 30.3 Å². The van der Waals surface area contributed by atoms with E-state index >= 15 is 0 Å². The van der Waals surface area contributed by atoms with Gasteiger partial charge in [0.15, 0.2) is 0 Å². The van der Waals surface area contributed by atoms with Gasteiger partial charge >= 0.3 is 18.3 Å². The minimum atomic E-state index is -4.99. The molecule has 0 saturated carbocycles. The molecule has 0 radical (unpaired) electrons. The molecule has 0 amide bonds. The van der Waals surface area contributed by atoms with Gasteiger partial charge in [-0.3, -0.25) is 4.79 Å². The molecule has 2 aliphatic rings. The number of hydrogen-bond acceptors (Lipinski definition) is 8. The number of rotatable bonds is 7. The molecule has 6 rings (SSSR count). The largest absolute Gasteiger partial charge is 0.480 e. The number of nitrogens with two attached hydrogens (primary N) is 1. The number of hydrogen-bond donors (Lipinski definition) is 3. The summed E-state index contributed by atoms with van der Waals surface area (Å²) >= 11 is 5.79. The minimum absolute atomic E-state index is 0.0706. The van der Waals surface area contributed by atoms with Crippen LogP contribution in [0, 0.1) is 12.3 Å². The standard InChI is InChI=1S/C32H30ClF6N7O3/c1-17-6-9-46(44-17)24-13-19(18-3-5-22(33)21(12-18)31(34,35)36)2-4-20(24)27(32(37,38)39)49-26-14-25(42-29(40)43-26)45-10-7-30(8-11-45)15-23(28(47)48)41-16-30/h2-6,9,12-14,23,27,41H,7-8,10-11,15-16H2,1H3,(H,47,48)(H2,40,42,43)/t23-,27+/m0/s1. The van der Waals surface area contributed by atoms with Crippen LogP contribution in [0.4, 0.5) is 38.1 Å². The first-order chi connectivity index (χ1) is 23.0. The first-order valence-corrected chi connectivity index (χ1v) is 15.5. The highest BCUT2D eigenvalue weighted by Crippen LogP contribution is 2.43. The Bertz CT molecular complexity index is 1870. The SMILES string of the molecule is Cc1ccn(-c2cc(-c3ccc(Cl)c(C(F)(F)F)c3)ccc2[C@@H](Oc2cc(N3CCC4(CC3)CN[C@H](C(=O)O)C4)nc(N)n2)C(F)(F)F)n1. The van der Waals surface area contributed by atoms with Gasteiger partial charge in [-0.05, 0) is 67.0 Å². The van der Waals surface area contributed by atoms with Crippen molar-refractivity contribution in [2.45, 2.75) is 50.7 Å². The number of aliphatic carboxylic acids is 1. The molecule has 4 N–H and O–H groups in total. The van der Waals surface area contributed by atoms with Gasteiger partial charge in [0.2, 0.25) is 17.9 Å². The summed E-state index contributed by atoms with van der Waals surface area (Å²) in [5.41, 5.74) is 4.88. The number of carboxylic acid groups (broad SMARTS) is 1. The highest BCUT2D eigenvalue weighted by molar-refractivity contribution is 6.31. The van der Waals surface area contributed by atoms with Crippen molar-refractivity contribution >= 4 is 29.3 Å². The third-order valence-corrected chi connectivity index (χ3v) is 9.27. The number of aromatic nitrogens is 4. The van der Waals surface area contributed by atoms with E-state index < -0.39 is 46.9 Å². The maximum Gasteiger partial charge on any atom is 0.429 e. The van der Waals surface area contributed by atoms with Crippen molar-refractivity contribution in [3.63, 3.8) is 0 Å². The predicted octanol–water partition coefficient (Wildman–Crippen LogP) is 6.61. The van der Waals surface area contributed by atoms with E-state index in [0.717, 1.165) is 18.2 Å². The summed E-state index contributed by atoms with van der Waals surface area (Å²) in [5.74, 6) is -1.42. The van der Waals surface area contributed by atoms with Crippen LogP contribution in [0.3, 0.4) is 0 Å². The zero-order valence-corrected chi connectivity index (χ0v) is 26.6. The summed E-state index contributed by atoms with van der Waals surface area (Å²) in [4.78, 5) is 21.4. The predicted molar refractivity (Wildman–Crippen MR) is 168 cm³/mol. The van der Waals surface area contributed by atoms with E-state index in [9.17, 15) is 36.2 Å². The number of aryl methyl sites for hydroxylation is 1. The van der Waals surface area contributed by atoms with Crippen LogP contribution in [0.1, 0.15) is 42.2 Å². The number of alkyl halides is 6.